The smallest absolute Gasteiger partial charge is 0.223 e. The van der Waals surface area contributed by atoms with Gasteiger partial charge in [-0.2, -0.15) is 0 Å². The normalized spacial score (nSPS) is 12.7. The highest BCUT2D eigenvalue weighted by atomic mass is 35.5. The molecule has 2 heterocycles. The summed E-state index contributed by atoms with van der Waals surface area (Å²) in [6, 6.07) is 0. The van der Waals surface area contributed by atoms with Crippen molar-refractivity contribution in [2.24, 2.45) is 0 Å². The first-order valence-corrected chi connectivity index (χ1v) is 11.4. The summed E-state index contributed by atoms with van der Waals surface area (Å²) in [6.07, 6.45) is 1.08. The largest absolute Gasteiger partial charge is 0.410 e. The fourth-order valence-electron chi connectivity index (χ4n) is 1.70. The second kappa shape index (κ2) is 6.55. The third-order valence-corrected chi connectivity index (χ3v) is 9.93. The van der Waals surface area contributed by atoms with Crippen molar-refractivity contribution in [2.45, 2.75) is 52.4 Å². The van der Waals surface area contributed by atoms with Gasteiger partial charge < -0.3 is 4.43 Å². The average molecular weight is 374 g/mol. The first-order chi connectivity index (χ1) is 10.5. The molecule has 0 aromatic carbocycles. The molecular formula is C15H21ClFN3OSSi. The number of hydrogen-bond donors (Lipinski definition) is 0. The summed E-state index contributed by atoms with van der Waals surface area (Å²) in [4.78, 5) is 12.8. The van der Waals surface area contributed by atoms with Gasteiger partial charge in [-0.3, -0.25) is 0 Å². The number of aromatic nitrogens is 3. The van der Waals surface area contributed by atoms with E-state index in [-0.39, 0.29) is 16.0 Å². The molecule has 0 aliphatic carbocycles. The maximum Gasteiger partial charge on any atom is 0.223 e. The Morgan fingerprint density at radius 2 is 1.96 bits per heavy atom. The third-order valence-electron chi connectivity index (χ3n) is 4.13. The van der Waals surface area contributed by atoms with Gasteiger partial charge in [0, 0.05) is 0 Å². The number of nitrogens with zero attached hydrogens (tertiary/aromatic N) is 3. The third kappa shape index (κ3) is 4.15. The molecule has 0 bridgehead atoms. The molecule has 23 heavy (non-hydrogen) atoms. The predicted octanol–water partition coefficient (Wildman–Crippen LogP) is 5.22. The van der Waals surface area contributed by atoms with E-state index in [1.54, 1.807) is 0 Å². The second-order valence-corrected chi connectivity index (χ2v) is 13.1. The van der Waals surface area contributed by atoms with Gasteiger partial charge in [0.1, 0.15) is 10.7 Å². The zero-order valence-electron chi connectivity index (χ0n) is 14.2. The van der Waals surface area contributed by atoms with Crippen LogP contribution in [0.25, 0.3) is 10.6 Å². The standard InChI is InChI=1S/C15H21ClFN3OSSi/c1-9-13(12-10(17)7-18-14(16)20-12)22-11(19-9)8-21-23(5,6)15(2,3)4/h7H,8H2,1-6H3. The van der Waals surface area contributed by atoms with E-state index >= 15 is 0 Å². The van der Waals surface area contributed by atoms with Crippen molar-refractivity contribution < 1.29 is 8.82 Å². The van der Waals surface area contributed by atoms with Gasteiger partial charge in [0.2, 0.25) is 5.28 Å². The first kappa shape index (κ1) is 18.4. The summed E-state index contributed by atoms with van der Waals surface area (Å²) in [6.45, 7) is 13.2. The van der Waals surface area contributed by atoms with Crippen molar-refractivity contribution >= 4 is 31.3 Å². The number of halogens is 2. The van der Waals surface area contributed by atoms with Crippen molar-refractivity contribution in [3.63, 3.8) is 0 Å². The van der Waals surface area contributed by atoms with Crippen LogP contribution < -0.4 is 0 Å². The Morgan fingerprint density at radius 1 is 1.30 bits per heavy atom. The monoisotopic (exact) mass is 373 g/mol. The molecule has 0 atom stereocenters. The molecule has 2 rings (SSSR count). The van der Waals surface area contributed by atoms with Crippen LogP contribution in [0.1, 0.15) is 31.5 Å². The lowest BCUT2D eigenvalue weighted by Crippen LogP contribution is -2.40. The minimum Gasteiger partial charge on any atom is -0.410 e. The Morgan fingerprint density at radius 3 is 2.57 bits per heavy atom. The highest BCUT2D eigenvalue weighted by molar-refractivity contribution is 7.15. The molecule has 0 aliphatic rings. The Kier molecular flexibility index (Phi) is 5.25. The topological polar surface area (TPSA) is 47.9 Å². The summed E-state index contributed by atoms with van der Waals surface area (Å²) in [5, 5.41) is 0.971. The van der Waals surface area contributed by atoms with Gasteiger partial charge in [-0.15, -0.1) is 11.3 Å². The fourth-order valence-corrected chi connectivity index (χ4v) is 3.83. The quantitative estimate of drug-likeness (QED) is 0.544. The highest BCUT2D eigenvalue weighted by Gasteiger charge is 2.37. The van der Waals surface area contributed by atoms with E-state index in [1.165, 1.54) is 11.3 Å². The summed E-state index contributed by atoms with van der Waals surface area (Å²) in [5.74, 6) is -0.502. The Labute approximate surface area is 146 Å². The van der Waals surface area contributed by atoms with E-state index in [1.807, 2.05) is 6.92 Å². The molecule has 0 unspecified atom stereocenters. The number of rotatable bonds is 4. The van der Waals surface area contributed by atoms with Gasteiger partial charge in [0.05, 0.1) is 23.4 Å². The van der Waals surface area contributed by atoms with Gasteiger partial charge in [-0.25, -0.2) is 19.3 Å². The van der Waals surface area contributed by atoms with E-state index < -0.39 is 14.1 Å². The molecule has 0 aliphatic heterocycles. The van der Waals surface area contributed by atoms with Gasteiger partial charge in [-0.1, -0.05) is 20.8 Å². The molecule has 4 nitrogen and oxygen atoms in total. The molecule has 8 heteroatoms. The Balaban J connectivity index is 2.24. The summed E-state index contributed by atoms with van der Waals surface area (Å²) in [7, 11) is -1.85. The van der Waals surface area contributed by atoms with E-state index in [4.69, 9.17) is 16.0 Å². The fraction of sp³-hybridized carbons (Fsp3) is 0.533. The van der Waals surface area contributed by atoms with Gasteiger partial charge in [-0.05, 0) is 36.7 Å². The second-order valence-electron chi connectivity index (χ2n) is 6.91. The maximum atomic E-state index is 13.9. The lowest BCUT2D eigenvalue weighted by Gasteiger charge is -2.35. The molecule has 126 valence electrons. The molecule has 2 aromatic heterocycles. The van der Waals surface area contributed by atoms with Crippen LogP contribution in [-0.4, -0.2) is 23.3 Å². The van der Waals surface area contributed by atoms with Crippen molar-refractivity contribution in [2.75, 3.05) is 0 Å². The first-order valence-electron chi connectivity index (χ1n) is 7.30. The van der Waals surface area contributed by atoms with Crippen LogP contribution in [0.2, 0.25) is 23.4 Å². The van der Waals surface area contributed by atoms with Crippen LogP contribution in [0.5, 0.6) is 0 Å². The zero-order valence-corrected chi connectivity index (χ0v) is 16.8. The summed E-state index contributed by atoms with van der Waals surface area (Å²) < 4.78 is 20.1. The van der Waals surface area contributed by atoms with Crippen LogP contribution in [0.15, 0.2) is 6.20 Å². The molecule has 0 amide bonds. The molecule has 0 fully saturated rings. The highest BCUT2D eigenvalue weighted by Crippen LogP contribution is 2.38. The van der Waals surface area contributed by atoms with Crippen LogP contribution >= 0.6 is 22.9 Å². The van der Waals surface area contributed by atoms with Crippen molar-refractivity contribution in [1.29, 1.82) is 0 Å². The molecule has 0 saturated carbocycles. The average Bonchev–Trinajstić information content (AvgIpc) is 2.79. The maximum absolute atomic E-state index is 13.9. The minimum atomic E-state index is -1.85. The molecular weight excluding hydrogens is 353 g/mol. The van der Waals surface area contributed by atoms with Gasteiger partial charge in [0.25, 0.3) is 0 Å². The van der Waals surface area contributed by atoms with E-state index in [2.05, 4.69) is 48.8 Å². The molecule has 0 radical (unpaired) electrons. The van der Waals surface area contributed by atoms with Crippen LogP contribution in [0, 0.1) is 12.7 Å². The molecule has 0 N–H and O–H groups in total. The van der Waals surface area contributed by atoms with Gasteiger partial charge in [0.15, 0.2) is 14.1 Å². The van der Waals surface area contributed by atoms with E-state index in [9.17, 15) is 4.39 Å². The summed E-state index contributed by atoms with van der Waals surface area (Å²) >= 11 is 7.16. The SMILES string of the molecule is Cc1nc(CO[Si](C)(C)C(C)(C)C)sc1-c1nc(Cl)ncc1F. The van der Waals surface area contributed by atoms with Crippen LogP contribution in [0.3, 0.4) is 0 Å². The van der Waals surface area contributed by atoms with Crippen molar-refractivity contribution in [3.8, 4) is 10.6 Å². The lowest BCUT2D eigenvalue weighted by molar-refractivity contribution is 0.275. The van der Waals surface area contributed by atoms with Gasteiger partial charge >= 0.3 is 0 Å². The number of thiazole rings is 1. The molecule has 2 aromatic rings. The Bertz CT molecular complexity index is 715. The molecule has 0 spiro atoms. The van der Waals surface area contributed by atoms with E-state index in [0.29, 0.717) is 11.5 Å². The summed E-state index contributed by atoms with van der Waals surface area (Å²) in [5.41, 5.74) is 0.913. The van der Waals surface area contributed by atoms with Crippen molar-refractivity contribution in [3.05, 3.63) is 28.0 Å². The van der Waals surface area contributed by atoms with Crippen LogP contribution in [-0.2, 0) is 11.0 Å². The lowest BCUT2D eigenvalue weighted by atomic mass is 10.2. The van der Waals surface area contributed by atoms with Crippen molar-refractivity contribution in [1.82, 2.24) is 15.0 Å². The van der Waals surface area contributed by atoms with Crippen LogP contribution in [0.4, 0.5) is 4.39 Å². The van der Waals surface area contributed by atoms with E-state index in [0.717, 1.165) is 16.9 Å². The Hall–Kier alpha value is -0.893. The molecule has 0 saturated heterocycles. The zero-order chi connectivity index (χ0) is 17.4. The number of hydrogen-bond acceptors (Lipinski definition) is 5. The minimum absolute atomic E-state index is 0.0215. The predicted molar refractivity (Wildman–Crippen MR) is 94.8 cm³/mol. The number of aryl methyl sites for hydroxylation is 1.